The summed E-state index contributed by atoms with van der Waals surface area (Å²) in [5, 5.41) is 5.53. The summed E-state index contributed by atoms with van der Waals surface area (Å²) in [6.45, 7) is 0.501. The second-order valence-corrected chi connectivity index (χ2v) is 7.87. The number of amides is 4. The highest BCUT2D eigenvalue weighted by molar-refractivity contribution is 6.06. The molecule has 152 valence electrons. The Labute approximate surface area is 166 Å². The molecule has 1 aromatic rings. The van der Waals surface area contributed by atoms with Crippen molar-refractivity contribution in [3.8, 4) is 0 Å². The molecule has 1 heterocycles. The smallest absolute Gasteiger partial charge is 0.325 e. The second-order valence-electron chi connectivity index (χ2n) is 7.87. The third-order valence-electron chi connectivity index (χ3n) is 5.57. The van der Waals surface area contributed by atoms with Gasteiger partial charge in [-0.15, -0.1) is 0 Å². The van der Waals surface area contributed by atoms with Gasteiger partial charge in [0.2, 0.25) is 5.91 Å². The summed E-state index contributed by atoms with van der Waals surface area (Å²) in [7, 11) is 3.99. The van der Waals surface area contributed by atoms with Crippen LogP contribution >= 0.6 is 0 Å². The Kier molecular flexibility index (Phi) is 6.54. The summed E-state index contributed by atoms with van der Waals surface area (Å²) < 4.78 is 0. The van der Waals surface area contributed by atoms with Crippen molar-refractivity contribution in [1.82, 2.24) is 15.5 Å². The van der Waals surface area contributed by atoms with Gasteiger partial charge in [-0.1, -0.05) is 31.4 Å². The van der Waals surface area contributed by atoms with Crippen LogP contribution in [0, 0.1) is 0 Å². The van der Waals surface area contributed by atoms with Gasteiger partial charge in [0.25, 0.3) is 5.91 Å². The normalized spacial score (nSPS) is 20.2. The highest BCUT2D eigenvalue weighted by atomic mass is 16.2. The van der Waals surface area contributed by atoms with E-state index in [0.29, 0.717) is 6.54 Å². The molecule has 1 saturated carbocycles. The Morgan fingerprint density at radius 3 is 2.46 bits per heavy atom. The molecule has 1 aliphatic carbocycles. The van der Waals surface area contributed by atoms with Gasteiger partial charge in [-0.3, -0.25) is 14.5 Å². The minimum Gasteiger partial charge on any atom is -0.378 e. The predicted molar refractivity (Wildman–Crippen MR) is 108 cm³/mol. The molecule has 4 amide bonds. The third-order valence-corrected chi connectivity index (χ3v) is 5.57. The molecule has 3 rings (SSSR count). The van der Waals surface area contributed by atoms with Crippen LogP contribution in [0.3, 0.4) is 0 Å². The van der Waals surface area contributed by atoms with Gasteiger partial charge in [-0.2, -0.15) is 0 Å². The summed E-state index contributed by atoms with van der Waals surface area (Å²) in [5.41, 5.74) is 2.27. The van der Waals surface area contributed by atoms with Gasteiger partial charge >= 0.3 is 6.03 Å². The fourth-order valence-electron chi connectivity index (χ4n) is 3.94. The van der Waals surface area contributed by atoms with Crippen LogP contribution in [0.15, 0.2) is 24.3 Å². The lowest BCUT2D eigenvalue weighted by molar-refractivity contribution is -0.132. The van der Waals surface area contributed by atoms with Gasteiger partial charge in [-0.25, -0.2) is 4.79 Å². The molecule has 0 unspecified atom stereocenters. The molecule has 1 aliphatic heterocycles. The maximum atomic E-state index is 12.6. The van der Waals surface area contributed by atoms with E-state index in [1.807, 2.05) is 43.3 Å². The van der Waals surface area contributed by atoms with E-state index >= 15 is 0 Å². The first-order valence-electron chi connectivity index (χ1n) is 10.1. The van der Waals surface area contributed by atoms with Crippen LogP contribution in [-0.4, -0.2) is 55.5 Å². The number of nitrogens with one attached hydrogen (secondary N) is 2. The first kappa shape index (κ1) is 20.2. The quantitative estimate of drug-likeness (QED) is 0.703. The second kappa shape index (κ2) is 9.08. The van der Waals surface area contributed by atoms with Crippen molar-refractivity contribution in [2.45, 2.75) is 57.0 Å². The average Bonchev–Trinajstić information content (AvgIpc) is 2.96. The number of rotatable bonds is 7. The summed E-state index contributed by atoms with van der Waals surface area (Å²) in [6, 6.07) is 7.08. The Balaban J connectivity index is 1.44. The minimum absolute atomic E-state index is 0.00659. The lowest BCUT2D eigenvalue weighted by Crippen LogP contribution is -2.42. The molecule has 1 aromatic carbocycles. The topological polar surface area (TPSA) is 81.8 Å². The maximum Gasteiger partial charge on any atom is 0.325 e. The lowest BCUT2D eigenvalue weighted by atomic mass is 9.94. The summed E-state index contributed by atoms with van der Waals surface area (Å²) >= 11 is 0. The highest BCUT2D eigenvalue weighted by Gasteiger charge is 2.42. The van der Waals surface area contributed by atoms with E-state index in [2.05, 4.69) is 10.6 Å². The van der Waals surface area contributed by atoms with E-state index in [1.165, 1.54) is 4.90 Å². The van der Waals surface area contributed by atoms with Crippen LogP contribution in [0.2, 0.25) is 0 Å². The van der Waals surface area contributed by atoms with E-state index in [0.717, 1.165) is 49.8 Å². The van der Waals surface area contributed by atoms with Crippen LogP contribution < -0.4 is 15.5 Å². The fraction of sp³-hybridized carbons (Fsp3) is 0.571. The van der Waals surface area contributed by atoms with Crippen LogP contribution in [-0.2, 0) is 16.0 Å². The Morgan fingerprint density at radius 1 is 1.14 bits per heavy atom. The number of hydrogen-bond donors (Lipinski definition) is 2. The number of nitrogens with zero attached hydrogens (tertiary/aromatic N) is 2. The van der Waals surface area contributed by atoms with Crippen LogP contribution in [0.5, 0.6) is 0 Å². The minimum atomic E-state index is -0.742. The number of hydrogen-bond acceptors (Lipinski definition) is 4. The van der Waals surface area contributed by atoms with E-state index < -0.39 is 6.04 Å². The van der Waals surface area contributed by atoms with Crippen molar-refractivity contribution in [1.29, 1.82) is 0 Å². The summed E-state index contributed by atoms with van der Waals surface area (Å²) in [5.74, 6) is -0.472. The summed E-state index contributed by atoms with van der Waals surface area (Å²) in [4.78, 5) is 40.4. The Morgan fingerprint density at radius 2 is 1.82 bits per heavy atom. The number of anilines is 1. The molecule has 0 bridgehead atoms. The molecule has 1 saturated heterocycles. The first-order chi connectivity index (χ1) is 13.5. The fourth-order valence-corrected chi connectivity index (χ4v) is 3.94. The zero-order chi connectivity index (χ0) is 20.1. The lowest BCUT2D eigenvalue weighted by Gasteiger charge is -2.28. The molecule has 2 N–H and O–H groups in total. The van der Waals surface area contributed by atoms with Gasteiger partial charge in [0.15, 0.2) is 0 Å². The average molecular weight is 386 g/mol. The van der Waals surface area contributed by atoms with Gasteiger partial charge in [-0.05, 0) is 37.0 Å². The van der Waals surface area contributed by atoms with Crippen molar-refractivity contribution in [2.75, 3.05) is 25.5 Å². The van der Waals surface area contributed by atoms with Crippen LogP contribution in [0.4, 0.5) is 10.5 Å². The molecule has 7 heteroatoms. The van der Waals surface area contributed by atoms with Gasteiger partial charge in [0.1, 0.15) is 6.04 Å². The van der Waals surface area contributed by atoms with E-state index in [1.54, 1.807) is 0 Å². The van der Waals surface area contributed by atoms with Crippen molar-refractivity contribution in [2.24, 2.45) is 0 Å². The number of benzene rings is 1. The highest BCUT2D eigenvalue weighted by Crippen LogP contribution is 2.25. The number of imide groups is 1. The zero-order valence-corrected chi connectivity index (χ0v) is 16.7. The molecule has 2 fully saturated rings. The van der Waals surface area contributed by atoms with Crippen molar-refractivity contribution < 1.29 is 14.4 Å². The molecule has 0 radical (unpaired) electrons. The number of carbonyl (C=O) groups excluding carboxylic acids is 3. The Bertz CT molecular complexity index is 711. The third kappa shape index (κ3) is 4.82. The molecule has 0 aromatic heterocycles. The van der Waals surface area contributed by atoms with Crippen LogP contribution in [0.25, 0.3) is 0 Å². The molecule has 2 aliphatic rings. The van der Waals surface area contributed by atoms with E-state index in [-0.39, 0.29) is 30.3 Å². The van der Waals surface area contributed by atoms with Gasteiger partial charge in [0.05, 0.1) is 6.42 Å². The van der Waals surface area contributed by atoms with Crippen LogP contribution in [0.1, 0.15) is 44.1 Å². The van der Waals surface area contributed by atoms with Crippen molar-refractivity contribution in [3.05, 3.63) is 29.8 Å². The monoisotopic (exact) mass is 386 g/mol. The van der Waals surface area contributed by atoms with Crippen molar-refractivity contribution in [3.63, 3.8) is 0 Å². The number of carbonyl (C=O) groups is 3. The van der Waals surface area contributed by atoms with Crippen molar-refractivity contribution >= 4 is 23.5 Å². The molecular weight excluding hydrogens is 356 g/mol. The van der Waals surface area contributed by atoms with Gasteiger partial charge in [0, 0.05) is 32.4 Å². The largest absolute Gasteiger partial charge is 0.378 e. The molecule has 28 heavy (non-hydrogen) atoms. The van der Waals surface area contributed by atoms with E-state index in [9.17, 15) is 14.4 Å². The summed E-state index contributed by atoms with van der Waals surface area (Å²) in [6.07, 6.45) is 5.69. The molecule has 1 atom stereocenters. The molecular formula is C21H30N4O3. The van der Waals surface area contributed by atoms with Gasteiger partial charge < -0.3 is 15.5 Å². The maximum absolute atomic E-state index is 12.6. The standard InChI is InChI=1S/C21H30N4O3/c1-24(2)16-10-8-15(9-11-16)12-13-22-19(26)14-18-20(27)25(21(28)23-18)17-6-4-3-5-7-17/h8-11,17-18H,3-7,12-14H2,1-2H3,(H,22,26)(H,23,28)/t18-/m1/s1. The molecule has 7 nitrogen and oxygen atoms in total. The van der Waals surface area contributed by atoms with E-state index in [4.69, 9.17) is 0 Å². The first-order valence-corrected chi connectivity index (χ1v) is 10.1. The predicted octanol–water partition coefficient (Wildman–Crippen LogP) is 2.05. The zero-order valence-electron chi connectivity index (χ0n) is 16.7. The Hall–Kier alpha value is -2.57. The molecule has 0 spiro atoms. The number of urea groups is 1. The SMILES string of the molecule is CN(C)c1ccc(CCNC(=O)C[C@H]2NC(=O)N(C3CCCCC3)C2=O)cc1.